The molecule has 0 saturated heterocycles. The summed E-state index contributed by atoms with van der Waals surface area (Å²) >= 11 is 0. The first-order chi connectivity index (χ1) is 11.4. The molecule has 0 spiro atoms. The standard InChI is InChI=1S/C17H19N3O3S/c1-24(22,23)20(13-16-10-6-3-7-11-16)14-17(21)19-18-12-15-8-4-2-5-9-15/h2-12H,13-14H2,1H3,(H,19,21)/b18-12-. The van der Waals surface area contributed by atoms with Crippen molar-refractivity contribution in [2.24, 2.45) is 5.10 Å². The van der Waals surface area contributed by atoms with Gasteiger partial charge >= 0.3 is 0 Å². The largest absolute Gasteiger partial charge is 0.272 e. The van der Waals surface area contributed by atoms with Crippen LogP contribution in [-0.4, -0.2) is 37.6 Å². The Bertz CT molecular complexity index is 790. The molecule has 126 valence electrons. The number of nitrogens with one attached hydrogen (secondary N) is 1. The fraction of sp³-hybridized carbons (Fsp3) is 0.176. The maximum atomic E-state index is 11.9. The van der Waals surface area contributed by atoms with Crippen molar-refractivity contribution in [3.05, 3.63) is 71.8 Å². The number of rotatable bonds is 7. The predicted molar refractivity (Wildman–Crippen MR) is 93.9 cm³/mol. The summed E-state index contributed by atoms with van der Waals surface area (Å²) in [7, 11) is -3.51. The maximum Gasteiger partial charge on any atom is 0.255 e. The van der Waals surface area contributed by atoms with Crippen molar-refractivity contribution in [2.75, 3.05) is 12.8 Å². The van der Waals surface area contributed by atoms with Crippen LogP contribution in [0.3, 0.4) is 0 Å². The first kappa shape index (κ1) is 17.8. The van der Waals surface area contributed by atoms with E-state index < -0.39 is 15.9 Å². The Hall–Kier alpha value is -2.51. The minimum absolute atomic E-state index is 0.134. The van der Waals surface area contributed by atoms with Crippen molar-refractivity contribution < 1.29 is 13.2 Å². The van der Waals surface area contributed by atoms with Gasteiger partial charge in [-0.1, -0.05) is 60.7 Å². The molecular weight excluding hydrogens is 326 g/mol. The van der Waals surface area contributed by atoms with Crippen molar-refractivity contribution in [1.82, 2.24) is 9.73 Å². The van der Waals surface area contributed by atoms with Gasteiger partial charge < -0.3 is 0 Å². The number of hydrazone groups is 1. The van der Waals surface area contributed by atoms with Crippen molar-refractivity contribution in [2.45, 2.75) is 6.54 Å². The third-order valence-corrected chi connectivity index (χ3v) is 4.39. The lowest BCUT2D eigenvalue weighted by Gasteiger charge is -2.18. The van der Waals surface area contributed by atoms with Crippen LogP contribution < -0.4 is 5.43 Å². The summed E-state index contributed by atoms with van der Waals surface area (Å²) < 4.78 is 24.9. The second-order valence-electron chi connectivity index (χ2n) is 5.22. The van der Waals surface area contributed by atoms with Gasteiger partial charge in [-0.25, -0.2) is 13.8 Å². The van der Waals surface area contributed by atoms with Crippen LogP contribution in [0.5, 0.6) is 0 Å². The molecule has 0 atom stereocenters. The Balaban J connectivity index is 1.96. The molecule has 0 aliphatic heterocycles. The number of carbonyl (C=O) groups excluding carboxylic acids is 1. The van der Waals surface area contributed by atoms with Gasteiger partial charge in [0, 0.05) is 6.54 Å². The van der Waals surface area contributed by atoms with Crippen molar-refractivity contribution in [1.29, 1.82) is 0 Å². The monoisotopic (exact) mass is 345 g/mol. The molecule has 24 heavy (non-hydrogen) atoms. The number of sulfonamides is 1. The first-order valence-corrected chi connectivity index (χ1v) is 9.16. The second kappa shape index (κ2) is 8.37. The second-order valence-corrected chi connectivity index (χ2v) is 7.20. The zero-order valence-electron chi connectivity index (χ0n) is 13.3. The maximum absolute atomic E-state index is 11.9. The highest BCUT2D eigenvalue weighted by atomic mass is 32.2. The van der Waals surface area contributed by atoms with Crippen LogP contribution in [0.4, 0.5) is 0 Å². The average molecular weight is 345 g/mol. The first-order valence-electron chi connectivity index (χ1n) is 7.31. The van der Waals surface area contributed by atoms with Gasteiger partial charge in [-0.15, -0.1) is 0 Å². The molecule has 1 amide bonds. The SMILES string of the molecule is CS(=O)(=O)N(CC(=O)N/N=C\c1ccccc1)Cc1ccccc1. The van der Waals surface area contributed by atoms with Crippen LogP contribution in [-0.2, 0) is 21.4 Å². The van der Waals surface area contributed by atoms with E-state index in [4.69, 9.17) is 0 Å². The molecule has 6 nitrogen and oxygen atoms in total. The Morgan fingerprint density at radius 2 is 1.67 bits per heavy atom. The van der Waals surface area contributed by atoms with Gasteiger partial charge in [0.05, 0.1) is 19.0 Å². The van der Waals surface area contributed by atoms with Gasteiger partial charge in [-0.05, 0) is 11.1 Å². The fourth-order valence-electron chi connectivity index (χ4n) is 1.99. The minimum Gasteiger partial charge on any atom is -0.272 e. The van der Waals surface area contributed by atoms with Crippen LogP contribution in [0.2, 0.25) is 0 Å². The number of hydrogen-bond acceptors (Lipinski definition) is 4. The highest BCUT2D eigenvalue weighted by Crippen LogP contribution is 2.07. The summed E-state index contributed by atoms with van der Waals surface area (Å²) in [6.07, 6.45) is 2.58. The quantitative estimate of drug-likeness (QED) is 0.611. The third-order valence-electron chi connectivity index (χ3n) is 3.19. The van der Waals surface area contributed by atoms with E-state index in [-0.39, 0.29) is 13.1 Å². The van der Waals surface area contributed by atoms with Crippen molar-refractivity contribution in [3.63, 3.8) is 0 Å². The Morgan fingerprint density at radius 3 is 2.25 bits per heavy atom. The molecule has 0 heterocycles. The summed E-state index contributed by atoms with van der Waals surface area (Å²) in [5.41, 5.74) is 3.99. The van der Waals surface area contributed by atoms with Gasteiger partial charge in [0.1, 0.15) is 0 Å². The van der Waals surface area contributed by atoms with E-state index >= 15 is 0 Å². The average Bonchev–Trinajstić information content (AvgIpc) is 2.55. The lowest BCUT2D eigenvalue weighted by molar-refractivity contribution is -0.121. The van der Waals surface area contributed by atoms with Gasteiger partial charge in [0.2, 0.25) is 10.0 Å². The van der Waals surface area contributed by atoms with Crippen LogP contribution in [0.1, 0.15) is 11.1 Å². The third kappa shape index (κ3) is 5.94. The lowest BCUT2D eigenvalue weighted by Crippen LogP contribution is -2.38. The minimum atomic E-state index is -3.51. The molecule has 2 aromatic carbocycles. The molecule has 0 radical (unpaired) electrons. The van der Waals surface area contributed by atoms with Gasteiger partial charge in [-0.2, -0.15) is 9.41 Å². The van der Waals surface area contributed by atoms with Gasteiger partial charge in [-0.3, -0.25) is 4.79 Å². The summed E-state index contributed by atoms with van der Waals surface area (Å²) in [5.74, 6) is -0.497. The molecule has 0 aromatic heterocycles. The van der Waals surface area contributed by atoms with Crippen molar-refractivity contribution >= 4 is 22.1 Å². The Labute approximate surface area is 141 Å². The van der Waals surface area contributed by atoms with E-state index in [1.54, 1.807) is 0 Å². The van der Waals surface area contributed by atoms with E-state index in [1.165, 1.54) is 6.21 Å². The van der Waals surface area contributed by atoms with Crippen LogP contribution in [0, 0.1) is 0 Å². The normalized spacial score (nSPS) is 11.8. The topological polar surface area (TPSA) is 78.8 Å². The fourth-order valence-corrected chi connectivity index (χ4v) is 2.73. The molecular formula is C17H19N3O3S. The van der Waals surface area contributed by atoms with E-state index in [1.807, 2.05) is 60.7 Å². The van der Waals surface area contributed by atoms with Crippen molar-refractivity contribution in [3.8, 4) is 0 Å². The highest BCUT2D eigenvalue weighted by molar-refractivity contribution is 7.88. The van der Waals surface area contributed by atoms with Crippen LogP contribution in [0.15, 0.2) is 65.8 Å². The van der Waals surface area contributed by atoms with E-state index in [9.17, 15) is 13.2 Å². The molecule has 0 fully saturated rings. The van der Waals surface area contributed by atoms with E-state index in [2.05, 4.69) is 10.5 Å². The molecule has 0 bridgehead atoms. The number of amides is 1. The predicted octanol–water partition coefficient (Wildman–Crippen LogP) is 1.60. The number of carbonyl (C=O) groups is 1. The molecule has 0 aliphatic rings. The molecule has 1 N–H and O–H groups in total. The van der Waals surface area contributed by atoms with E-state index in [0.717, 1.165) is 21.7 Å². The molecule has 7 heteroatoms. The molecule has 0 aliphatic carbocycles. The summed E-state index contributed by atoms with van der Waals surface area (Å²) in [6.45, 7) is -0.157. The molecule has 0 unspecified atom stereocenters. The Kier molecular flexibility index (Phi) is 6.22. The number of hydrogen-bond donors (Lipinski definition) is 1. The summed E-state index contributed by atoms with van der Waals surface area (Å²) in [6, 6.07) is 18.4. The highest BCUT2D eigenvalue weighted by Gasteiger charge is 2.20. The van der Waals surface area contributed by atoms with E-state index in [0.29, 0.717) is 0 Å². The zero-order chi connectivity index (χ0) is 17.4. The van der Waals surface area contributed by atoms with Gasteiger partial charge in [0.15, 0.2) is 0 Å². The van der Waals surface area contributed by atoms with Crippen LogP contribution >= 0.6 is 0 Å². The molecule has 0 saturated carbocycles. The smallest absolute Gasteiger partial charge is 0.255 e. The lowest BCUT2D eigenvalue weighted by atomic mass is 10.2. The molecule has 2 rings (SSSR count). The van der Waals surface area contributed by atoms with Gasteiger partial charge in [0.25, 0.3) is 5.91 Å². The summed E-state index contributed by atoms with van der Waals surface area (Å²) in [5, 5.41) is 3.84. The number of benzene rings is 2. The molecule has 2 aromatic rings. The number of nitrogens with zero attached hydrogens (tertiary/aromatic N) is 2. The summed E-state index contributed by atoms with van der Waals surface area (Å²) in [4.78, 5) is 11.9. The zero-order valence-corrected chi connectivity index (χ0v) is 14.1. The van der Waals surface area contributed by atoms with Crippen LogP contribution in [0.25, 0.3) is 0 Å². The Morgan fingerprint density at radius 1 is 1.08 bits per heavy atom.